The molecular formula is C16H22BrClN2. The van der Waals surface area contributed by atoms with Crippen LogP contribution in [-0.2, 0) is 0 Å². The van der Waals surface area contributed by atoms with Gasteiger partial charge in [-0.25, -0.2) is 4.98 Å². The van der Waals surface area contributed by atoms with Crippen LogP contribution in [0.15, 0.2) is 22.7 Å². The highest BCUT2D eigenvalue weighted by atomic mass is 79.9. The lowest BCUT2D eigenvalue weighted by Crippen LogP contribution is -2.10. The Balaban J connectivity index is 2.45. The van der Waals surface area contributed by atoms with Crippen LogP contribution in [0.4, 0.5) is 0 Å². The summed E-state index contributed by atoms with van der Waals surface area (Å²) in [5, 5.41) is -0.0809. The van der Waals surface area contributed by atoms with Gasteiger partial charge in [-0.15, -0.1) is 11.6 Å². The van der Waals surface area contributed by atoms with Gasteiger partial charge in [0.25, 0.3) is 0 Å². The maximum absolute atomic E-state index is 6.33. The Morgan fingerprint density at radius 1 is 1.20 bits per heavy atom. The summed E-state index contributed by atoms with van der Waals surface area (Å²) in [6.45, 7) is 8.78. The molecule has 110 valence electrons. The fourth-order valence-electron chi connectivity index (χ4n) is 2.54. The number of alkyl halides is 1. The van der Waals surface area contributed by atoms with Crippen LogP contribution in [0.5, 0.6) is 0 Å². The standard InChI is InChI=1S/C16H22BrClN2/c1-10(2)5-6-11(3)20-15-8-7-13(17)9-14(15)19-16(20)12(4)18/h7-12H,5-6H2,1-4H3. The third-order valence-corrected chi connectivity index (χ3v) is 4.33. The summed E-state index contributed by atoms with van der Waals surface area (Å²) in [6.07, 6.45) is 2.36. The van der Waals surface area contributed by atoms with Crippen LogP contribution in [0.25, 0.3) is 11.0 Å². The van der Waals surface area contributed by atoms with Gasteiger partial charge in [0.05, 0.1) is 16.4 Å². The highest BCUT2D eigenvalue weighted by molar-refractivity contribution is 9.10. The number of imidazole rings is 1. The molecule has 0 spiro atoms. The molecule has 2 rings (SSSR count). The van der Waals surface area contributed by atoms with Gasteiger partial charge in [-0.1, -0.05) is 29.8 Å². The Bertz CT molecular complexity index is 589. The first-order valence-corrected chi connectivity index (χ1v) is 8.44. The molecule has 0 saturated heterocycles. The van der Waals surface area contributed by atoms with E-state index < -0.39 is 0 Å². The molecule has 0 aliphatic rings. The Morgan fingerprint density at radius 3 is 2.50 bits per heavy atom. The van der Waals surface area contributed by atoms with Gasteiger partial charge in [-0.3, -0.25) is 0 Å². The summed E-state index contributed by atoms with van der Waals surface area (Å²) in [5.41, 5.74) is 2.19. The highest BCUT2D eigenvalue weighted by Gasteiger charge is 2.19. The van der Waals surface area contributed by atoms with Gasteiger partial charge in [0.1, 0.15) is 5.82 Å². The monoisotopic (exact) mass is 356 g/mol. The van der Waals surface area contributed by atoms with Crippen molar-refractivity contribution in [2.75, 3.05) is 0 Å². The maximum atomic E-state index is 6.33. The van der Waals surface area contributed by atoms with E-state index in [4.69, 9.17) is 16.6 Å². The van der Waals surface area contributed by atoms with Crippen LogP contribution in [0.1, 0.15) is 57.8 Å². The second kappa shape index (κ2) is 6.48. The molecule has 0 radical (unpaired) electrons. The summed E-state index contributed by atoms with van der Waals surface area (Å²) in [4.78, 5) is 4.72. The van der Waals surface area contributed by atoms with Gasteiger partial charge in [0, 0.05) is 10.5 Å². The number of nitrogens with zero attached hydrogens (tertiary/aromatic N) is 2. The summed E-state index contributed by atoms with van der Waals surface area (Å²) >= 11 is 9.84. The molecule has 1 aromatic heterocycles. The van der Waals surface area contributed by atoms with Crippen LogP contribution in [0.2, 0.25) is 0 Å². The minimum atomic E-state index is -0.0809. The van der Waals surface area contributed by atoms with Crippen LogP contribution in [0, 0.1) is 5.92 Å². The first-order chi connectivity index (χ1) is 9.40. The topological polar surface area (TPSA) is 17.8 Å². The third-order valence-electron chi connectivity index (χ3n) is 3.64. The van der Waals surface area contributed by atoms with Crippen molar-refractivity contribution >= 4 is 38.6 Å². The molecule has 2 atom stereocenters. The molecule has 4 heteroatoms. The van der Waals surface area contributed by atoms with Crippen LogP contribution >= 0.6 is 27.5 Å². The van der Waals surface area contributed by atoms with E-state index in [1.54, 1.807) is 0 Å². The molecule has 0 aliphatic carbocycles. The van der Waals surface area contributed by atoms with Crippen molar-refractivity contribution in [1.82, 2.24) is 9.55 Å². The predicted molar refractivity (Wildman–Crippen MR) is 90.5 cm³/mol. The number of rotatable bonds is 5. The predicted octanol–water partition coefficient (Wildman–Crippen LogP) is 6.10. The van der Waals surface area contributed by atoms with Gasteiger partial charge in [0.15, 0.2) is 0 Å². The average Bonchev–Trinajstić information content (AvgIpc) is 2.74. The van der Waals surface area contributed by atoms with E-state index in [-0.39, 0.29) is 5.38 Å². The average molecular weight is 358 g/mol. The fourth-order valence-corrected chi connectivity index (χ4v) is 3.04. The Morgan fingerprint density at radius 2 is 1.90 bits per heavy atom. The van der Waals surface area contributed by atoms with Crippen molar-refractivity contribution in [1.29, 1.82) is 0 Å². The van der Waals surface area contributed by atoms with E-state index >= 15 is 0 Å². The van der Waals surface area contributed by atoms with Gasteiger partial charge in [0.2, 0.25) is 0 Å². The number of hydrogen-bond donors (Lipinski definition) is 0. The van der Waals surface area contributed by atoms with Gasteiger partial charge < -0.3 is 4.57 Å². The Labute approximate surface area is 134 Å². The number of fused-ring (bicyclic) bond motifs is 1. The molecule has 1 heterocycles. The van der Waals surface area contributed by atoms with Crippen molar-refractivity contribution in [2.24, 2.45) is 5.92 Å². The van der Waals surface area contributed by atoms with Crippen LogP contribution in [-0.4, -0.2) is 9.55 Å². The van der Waals surface area contributed by atoms with E-state index in [2.05, 4.69) is 59.5 Å². The maximum Gasteiger partial charge on any atom is 0.127 e. The summed E-state index contributed by atoms with van der Waals surface area (Å²) in [6, 6.07) is 6.67. The van der Waals surface area contributed by atoms with Gasteiger partial charge in [-0.05, 0) is 50.8 Å². The van der Waals surface area contributed by atoms with E-state index in [1.807, 2.05) is 6.92 Å². The molecule has 0 saturated carbocycles. The lowest BCUT2D eigenvalue weighted by Gasteiger charge is -2.19. The second-order valence-electron chi connectivity index (χ2n) is 5.91. The molecule has 1 aromatic carbocycles. The normalized spacial score (nSPS) is 14.9. The zero-order valence-electron chi connectivity index (χ0n) is 12.5. The smallest absolute Gasteiger partial charge is 0.127 e. The molecule has 2 nitrogen and oxygen atoms in total. The minimum Gasteiger partial charge on any atom is -0.324 e. The van der Waals surface area contributed by atoms with E-state index in [1.165, 1.54) is 11.9 Å². The van der Waals surface area contributed by atoms with E-state index in [0.29, 0.717) is 6.04 Å². The lowest BCUT2D eigenvalue weighted by atomic mass is 10.0. The number of hydrogen-bond acceptors (Lipinski definition) is 1. The zero-order chi connectivity index (χ0) is 14.9. The first-order valence-electron chi connectivity index (χ1n) is 7.21. The number of aromatic nitrogens is 2. The van der Waals surface area contributed by atoms with Crippen LogP contribution in [0.3, 0.4) is 0 Å². The quantitative estimate of drug-likeness (QED) is 0.591. The molecule has 0 aliphatic heterocycles. The van der Waals surface area contributed by atoms with E-state index in [9.17, 15) is 0 Å². The summed E-state index contributed by atoms with van der Waals surface area (Å²) in [5.74, 6) is 1.69. The molecule has 0 N–H and O–H groups in total. The third kappa shape index (κ3) is 3.37. The molecule has 20 heavy (non-hydrogen) atoms. The molecule has 0 amide bonds. The van der Waals surface area contributed by atoms with Crippen molar-refractivity contribution < 1.29 is 0 Å². The molecule has 2 aromatic rings. The lowest BCUT2D eigenvalue weighted by molar-refractivity contribution is 0.437. The van der Waals surface area contributed by atoms with Crippen molar-refractivity contribution in [3.05, 3.63) is 28.5 Å². The second-order valence-corrected chi connectivity index (χ2v) is 7.48. The number of benzene rings is 1. The fraction of sp³-hybridized carbons (Fsp3) is 0.562. The SMILES string of the molecule is CC(C)CCC(C)n1c(C(C)Cl)nc2cc(Br)ccc21. The molecule has 0 fully saturated rings. The highest BCUT2D eigenvalue weighted by Crippen LogP contribution is 2.31. The van der Waals surface area contributed by atoms with Crippen molar-refractivity contribution in [2.45, 2.75) is 52.0 Å². The van der Waals surface area contributed by atoms with Gasteiger partial charge in [-0.2, -0.15) is 0 Å². The largest absolute Gasteiger partial charge is 0.324 e. The van der Waals surface area contributed by atoms with E-state index in [0.717, 1.165) is 28.2 Å². The number of halogens is 2. The Hall–Kier alpha value is -0.540. The zero-order valence-corrected chi connectivity index (χ0v) is 14.9. The van der Waals surface area contributed by atoms with Crippen LogP contribution < -0.4 is 0 Å². The first kappa shape index (κ1) is 15.8. The molecule has 0 bridgehead atoms. The minimum absolute atomic E-state index is 0.0809. The van der Waals surface area contributed by atoms with Crippen molar-refractivity contribution in [3.8, 4) is 0 Å². The Kier molecular flexibility index (Phi) is 5.14. The van der Waals surface area contributed by atoms with Crippen molar-refractivity contribution in [3.63, 3.8) is 0 Å². The molecule has 2 unspecified atom stereocenters. The summed E-state index contributed by atoms with van der Waals surface area (Å²) < 4.78 is 3.36. The van der Waals surface area contributed by atoms with Gasteiger partial charge >= 0.3 is 0 Å². The summed E-state index contributed by atoms with van der Waals surface area (Å²) in [7, 11) is 0. The molecular weight excluding hydrogens is 336 g/mol.